The molecule has 1 aromatic carbocycles. The number of benzene rings is 1. The van der Waals surface area contributed by atoms with Crippen LogP contribution in [0, 0.1) is 0 Å². The molecule has 0 atom stereocenters. The Hall–Kier alpha value is -3.08. The van der Waals surface area contributed by atoms with Gasteiger partial charge in [0, 0.05) is 6.20 Å². The molecule has 0 radical (unpaired) electrons. The lowest BCUT2D eigenvalue weighted by molar-refractivity contribution is -0.135. The van der Waals surface area contributed by atoms with Gasteiger partial charge in [-0.05, 0) is 24.6 Å². The average molecular weight is 323 g/mol. The van der Waals surface area contributed by atoms with Crippen molar-refractivity contribution in [3.05, 3.63) is 60.3 Å². The fourth-order valence-corrected chi connectivity index (χ4v) is 2.76. The molecule has 5 nitrogen and oxygen atoms in total. The molecule has 0 aliphatic rings. The Labute approximate surface area is 139 Å². The zero-order chi connectivity index (χ0) is 17.1. The highest BCUT2D eigenvalue weighted by molar-refractivity contribution is 6.44. The van der Waals surface area contributed by atoms with E-state index in [9.17, 15) is 9.59 Å². The molecule has 122 valence electrons. The highest BCUT2D eigenvalue weighted by Gasteiger charge is 2.29. The van der Waals surface area contributed by atoms with Crippen molar-refractivity contribution in [3.63, 3.8) is 0 Å². The van der Waals surface area contributed by atoms with Crippen LogP contribution >= 0.6 is 0 Å². The van der Waals surface area contributed by atoms with E-state index in [1.165, 1.54) is 7.11 Å². The lowest BCUT2D eigenvalue weighted by Crippen LogP contribution is -2.16. The fraction of sp³-hybridized carbons (Fsp3) is 0.158. The normalized spacial score (nSPS) is 10.6. The van der Waals surface area contributed by atoms with E-state index >= 15 is 0 Å². The third-order valence-corrected chi connectivity index (χ3v) is 3.74. The first-order valence-corrected chi connectivity index (χ1v) is 7.63. The number of Topliss-reactive ketones (excluding diaryl/α,β-unsaturated/α-hetero) is 1. The number of carbonyl (C=O) groups excluding carboxylic acids is 2. The second-order valence-electron chi connectivity index (χ2n) is 5.13. The van der Waals surface area contributed by atoms with Gasteiger partial charge in [-0.15, -0.1) is 0 Å². The number of esters is 1. The van der Waals surface area contributed by atoms with Crippen LogP contribution < -0.4 is 4.74 Å². The summed E-state index contributed by atoms with van der Waals surface area (Å²) in [5, 5.41) is 0. The predicted octanol–water partition coefficient (Wildman–Crippen LogP) is 3.36. The topological polar surface area (TPSA) is 57.0 Å². The number of aromatic nitrogens is 1. The van der Waals surface area contributed by atoms with Crippen LogP contribution in [0.25, 0.3) is 16.6 Å². The minimum absolute atomic E-state index is 0.289. The maximum Gasteiger partial charge on any atom is 0.379 e. The number of ether oxygens (including phenoxy) is 2. The molecule has 0 spiro atoms. The van der Waals surface area contributed by atoms with Crippen molar-refractivity contribution in [3.8, 4) is 17.0 Å². The zero-order valence-corrected chi connectivity index (χ0v) is 13.5. The maximum absolute atomic E-state index is 12.7. The molecule has 2 aromatic heterocycles. The first-order chi connectivity index (χ1) is 11.7. The molecule has 3 rings (SSSR count). The van der Waals surface area contributed by atoms with E-state index in [-0.39, 0.29) is 5.56 Å². The van der Waals surface area contributed by atoms with Gasteiger partial charge in [0.2, 0.25) is 5.88 Å². The first-order valence-electron chi connectivity index (χ1n) is 7.63. The Bertz CT molecular complexity index is 896. The Balaban J connectivity index is 2.39. The largest absolute Gasteiger partial charge is 0.478 e. The van der Waals surface area contributed by atoms with Crippen molar-refractivity contribution in [2.24, 2.45) is 0 Å². The number of carbonyl (C=O) groups is 2. The third kappa shape index (κ3) is 2.54. The number of ketones is 1. The summed E-state index contributed by atoms with van der Waals surface area (Å²) in [6, 6.07) is 14.8. The number of pyridine rings is 1. The number of nitrogens with zero attached hydrogens (tertiary/aromatic N) is 1. The van der Waals surface area contributed by atoms with Crippen molar-refractivity contribution < 1.29 is 19.1 Å². The molecule has 24 heavy (non-hydrogen) atoms. The molecule has 0 amide bonds. The Morgan fingerprint density at radius 1 is 1.04 bits per heavy atom. The van der Waals surface area contributed by atoms with Crippen LogP contribution in [0.4, 0.5) is 0 Å². The van der Waals surface area contributed by atoms with E-state index in [0.29, 0.717) is 23.6 Å². The highest BCUT2D eigenvalue weighted by Crippen LogP contribution is 2.38. The quantitative estimate of drug-likeness (QED) is 0.410. The van der Waals surface area contributed by atoms with E-state index in [0.717, 1.165) is 5.56 Å². The zero-order valence-electron chi connectivity index (χ0n) is 13.5. The molecule has 0 saturated heterocycles. The van der Waals surface area contributed by atoms with Crippen molar-refractivity contribution in [2.75, 3.05) is 13.7 Å². The monoisotopic (exact) mass is 323 g/mol. The molecule has 0 aliphatic heterocycles. The van der Waals surface area contributed by atoms with Gasteiger partial charge < -0.3 is 9.47 Å². The summed E-state index contributed by atoms with van der Waals surface area (Å²) in [4.78, 5) is 24.5. The van der Waals surface area contributed by atoms with Crippen LogP contribution in [0.2, 0.25) is 0 Å². The van der Waals surface area contributed by atoms with Gasteiger partial charge in [0.1, 0.15) is 0 Å². The SMILES string of the molecule is CCOc1c(-c2ccccc2)c(C(=O)C(=O)OC)c2ccccn12. The molecular weight excluding hydrogens is 306 g/mol. The van der Waals surface area contributed by atoms with E-state index in [1.54, 1.807) is 16.7 Å². The second kappa shape index (κ2) is 6.58. The molecular formula is C19H17NO4. The number of rotatable bonds is 5. The van der Waals surface area contributed by atoms with Crippen LogP contribution in [0.3, 0.4) is 0 Å². The van der Waals surface area contributed by atoms with Gasteiger partial charge in [-0.25, -0.2) is 4.79 Å². The second-order valence-corrected chi connectivity index (χ2v) is 5.13. The molecule has 5 heteroatoms. The maximum atomic E-state index is 12.7. The van der Waals surface area contributed by atoms with Crippen LogP contribution in [-0.4, -0.2) is 29.9 Å². The molecule has 0 bridgehead atoms. The number of hydrogen-bond acceptors (Lipinski definition) is 4. The minimum Gasteiger partial charge on any atom is -0.478 e. The first kappa shape index (κ1) is 15.8. The summed E-state index contributed by atoms with van der Waals surface area (Å²) in [6.07, 6.45) is 1.81. The summed E-state index contributed by atoms with van der Waals surface area (Å²) in [6.45, 7) is 2.31. The van der Waals surface area contributed by atoms with Crippen LogP contribution in [0.15, 0.2) is 54.7 Å². The van der Waals surface area contributed by atoms with E-state index in [2.05, 4.69) is 4.74 Å². The minimum atomic E-state index is -0.897. The number of fused-ring (bicyclic) bond motifs is 1. The van der Waals surface area contributed by atoms with Crippen LogP contribution in [0.1, 0.15) is 17.3 Å². The Morgan fingerprint density at radius 2 is 1.75 bits per heavy atom. The molecule has 0 aliphatic carbocycles. The van der Waals surface area contributed by atoms with Gasteiger partial charge in [0.25, 0.3) is 5.78 Å². The van der Waals surface area contributed by atoms with Gasteiger partial charge in [0.05, 0.1) is 30.4 Å². The molecule has 0 N–H and O–H groups in total. The van der Waals surface area contributed by atoms with Gasteiger partial charge in [0.15, 0.2) is 0 Å². The van der Waals surface area contributed by atoms with Gasteiger partial charge >= 0.3 is 5.97 Å². The van der Waals surface area contributed by atoms with Gasteiger partial charge in [-0.3, -0.25) is 9.20 Å². The summed E-state index contributed by atoms with van der Waals surface area (Å²) < 4.78 is 12.2. The molecule has 3 aromatic rings. The molecule has 2 heterocycles. The Kier molecular flexibility index (Phi) is 4.33. The third-order valence-electron chi connectivity index (χ3n) is 3.74. The Morgan fingerprint density at radius 3 is 2.42 bits per heavy atom. The highest BCUT2D eigenvalue weighted by atomic mass is 16.5. The predicted molar refractivity (Wildman–Crippen MR) is 90.3 cm³/mol. The number of hydrogen-bond donors (Lipinski definition) is 0. The smallest absolute Gasteiger partial charge is 0.379 e. The number of methoxy groups -OCH3 is 1. The summed E-state index contributed by atoms with van der Waals surface area (Å²) in [5.74, 6) is -1.05. The molecule has 0 saturated carbocycles. The van der Waals surface area contributed by atoms with Crippen molar-refractivity contribution >= 4 is 17.3 Å². The van der Waals surface area contributed by atoms with Crippen molar-refractivity contribution in [1.82, 2.24) is 4.40 Å². The van der Waals surface area contributed by atoms with Crippen molar-refractivity contribution in [1.29, 1.82) is 0 Å². The molecule has 0 unspecified atom stereocenters. The van der Waals surface area contributed by atoms with Crippen molar-refractivity contribution in [2.45, 2.75) is 6.92 Å². The lowest BCUT2D eigenvalue weighted by Gasteiger charge is -2.08. The van der Waals surface area contributed by atoms with Gasteiger partial charge in [-0.2, -0.15) is 0 Å². The van der Waals surface area contributed by atoms with Gasteiger partial charge in [-0.1, -0.05) is 36.4 Å². The van der Waals surface area contributed by atoms with E-state index < -0.39 is 11.8 Å². The fourth-order valence-electron chi connectivity index (χ4n) is 2.76. The van der Waals surface area contributed by atoms with Crippen LogP contribution in [-0.2, 0) is 9.53 Å². The molecule has 0 fully saturated rings. The van der Waals surface area contributed by atoms with E-state index in [1.807, 2.05) is 49.4 Å². The average Bonchev–Trinajstić information content (AvgIpc) is 2.96. The summed E-state index contributed by atoms with van der Waals surface area (Å²) in [7, 11) is 1.20. The standard InChI is InChI=1S/C19H17NO4/c1-3-24-18-15(13-9-5-4-6-10-13)16(17(21)19(22)23-2)14-11-7-8-12-20(14)18/h4-12H,3H2,1-2H3. The summed E-state index contributed by atoms with van der Waals surface area (Å²) in [5.41, 5.74) is 2.29. The summed E-state index contributed by atoms with van der Waals surface area (Å²) >= 11 is 0. The van der Waals surface area contributed by atoms with Crippen LogP contribution in [0.5, 0.6) is 5.88 Å². The lowest BCUT2D eigenvalue weighted by atomic mass is 10.00. The van der Waals surface area contributed by atoms with E-state index in [4.69, 9.17) is 4.74 Å².